The Kier molecular flexibility index (Phi) is 5.83. The molecule has 1 aromatic carbocycles. The number of rotatable bonds is 5. The minimum atomic E-state index is -3.23. The average Bonchev–Trinajstić information content (AvgIpc) is 3.31. The van der Waals surface area contributed by atoms with Gasteiger partial charge in [0.2, 0.25) is 0 Å². The van der Waals surface area contributed by atoms with E-state index in [0.717, 1.165) is 10.6 Å². The zero-order valence-corrected chi connectivity index (χ0v) is 19.6. The van der Waals surface area contributed by atoms with Gasteiger partial charge in [0.25, 0.3) is 0 Å². The van der Waals surface area contributed by atoms with Crippen molar-refractivity contribution in [2.75, 3.05) is 36.8 Å². The van der Waals surface area contributed by atoms with E-state index in [0.29, 0.717) is 17.3 Å². The number of benzene rings is 1. The van der Waals surface area contributed by atoms with Crippen LogP contribution in [0.3, 0.4) is 0 Å². The Morgan fingerprint density at radius 1 is 1.31 bits per heavy atom. The van der Waals surface area contributed by atoms with Crippen molar-refractivity contribution >= 4 is 44.5 Å². The van der Waals surface area contributed by atoms with Gasteiger partial charge in [0.15, 0.2) is 0 Å². The maximum atomic E-state index is 10.4. The summed E-state index contributed by atoms with van der Waals surface area (Å²) in [6, 6.07) is 7.76. The summed E-state index contributed by atoms with van der Waals surface area (Å²) in [7, 11) is 1.59. The van der Waals surface area contributed by atoms with Crippen LogP contribution in [0.1, 0.15) is 0 Å². The molecule has 14 heteroatoms. The minimum absolute atomic E-state index is 0.233. The Morgan fingerprint density at radius 3 is 2.81 bits per heavy atom. The topological polar surface area (TPSA) is 133 Å². The number of ether oxygens (including phenoxy) is 3. The molecule has 0 spiro atoms. The normalized spacial score (nSPS) is 31.5. The Balaban J connectivity index is 1.48. The molecule has 0 saturated carbocycles. The molecule has 2 saturated heterocycles. The van der Waals surface area contributed by atoms with Gasteiger partial charge in [-0.3, -0.25) is 0 Å². The first-order valence-corrected chi connectivity index (χ1v) is 13.2. The molecule has 0 bridgehead atoms. The molecule has 0 amide bonds. The molecule has 1 aromatic heterocycles. The van der Waals surface area contributed by atoms with Gasteiger partial charge in [0, 0.05) is 0 Å². The van der Waals surface area contributed by atoms with Crippen LogP contribution in [0.4, 0.5) is 17.3 Å². The second kappa shape index (κ2) is 8.49. The summed E-state index contributed by atoms with van der Waals surface area (Å²) in [5.41, 5.74) is 6.46. The number of hydrogen-bond acceptors (Lipinski definition) is 12. The Hall–Kier alpha value is -1.86. The van der Waals surface area contributed by atoms with Crippen LogP contribution in [0.5, 0.6) is 5.75 Å². The van der Waals surface area contributed by atoms with Crippen LogP contribution < -0.4 is 20.7 Å². The van der Waals surface area contributed by atoms with Crippen molar-refractivity contribution in [3.63, 3.8) is 0 Å². The van der Waals surface area contributed by atoms with E-state index < -0.39 is 26.3 Å². The van der Waals surface area contributed by atoms with E-state index >= 15 is 0 Å². The third-order valence-corrected chi connectivity index (χ3v) is 8.16. The quantitative estimate of drug-likeness (QED) is 0.407. The molecular formula is C18H25BN5O6PS. The molecule has 0 radical (unpaired) electrons. The number of hydrogen-bond donors (Lipinski definition) is 3. The summed E-state index contributed by atoms with van der Waals surface area (Å²) in [5, 5.41) is 3.41. The molecule has 172 valence electrons. The molecule has 0 aliphatic carbocycles. The van der Waals surface area contributed by atoms with Crippen LogP contribution in [-0.4, -0.2) is 73.3 Å². The molecule has 3 aliphatic rings. The van der Waals surface area contributed by atoms with Crippen molar-refractivity contribution in [3.05, 3.63) is 30.6 Å². The van der Waals surface area contributed by atoms with Crippen molar-refractivity contribution in [1.82, 2.24) is 9.97 Å². The van der Waals surface area contributed by atoms with E-state index in [-0.39, 0.29) is 18.2 Å². The SMILES string of the molecule is B[PH]1(O)OCC2OC(N3c4ncnc(N)c4NC3Sc3ccc(OC)cc3)C(OC)[C@@H]2O1. The molecule has 3 aliphatic heterocycles. The van der Waals surface area contributed by atoms with Crippen LogP contribution in [0, 0.1) is 0 Å². The third-order valence-electron chi connectivity index (χ3n) is 5.63. The van der Waals surface area contributed by atoms with Gasteiger partial charge in [0.05, 0.1) is 7.11 Å². The van der Waals surface area contributed by atoms with E-state index in [4.69, 9.17) is 29.0 Å². The van der Waals surface area contributed by atoms with Gasteiger partial charge in [0.1, 0.15) is 0 Å². The van der Waals surface area contributed by atoms with E-state index in [9.17, 15) is 4.89 Å². The first-order valence-electron chi connectivity index (χ1n) is 10.1. The Labute approximate surface area is 190 Å². The number of anilines is 3. The number of nitrogens with two attached hydrogens (primary N) is 1. The van der Waals surface area contributed by atoms with Crippen LogP contribution in [0.15, 0.2) is 35.5 Å². The van der Waals surface area contributed by atoms with Gasteiger partial charge in [-0.2, -0.15) is 0 Å². The van der Waals surface area contributed by atoms with Crippen LogP contribution in [-0.2, 0) is 18.5 Å². The van der Waals surface area contributed by atoms with Crippen molar-refractivity contribution in [2.45, 2.75) is 34.9 Å². The number of aromatic nitrogens is 2. The van der Waals surface area contributed by atoms with Crippen molar-refractivity contribution in [1.29, 1.82) is 0 Å². The summed E-state index contributed by atoms with van der Waals surface area (Å²) in [6.07, 6.45) is -0.460. The Morgan fingerprint density at radius 2 is 2.09 bits per heavy atom. The van der Waals surface area contributed by atoms with Crippen LogP contribution in [0.25, 0.3) is 0 Å². The number of nitrogens with zero attached hydrogens (tertiary/aromatic N) is 3. The second-order valence-corrected chi connectivity index (χ2v) is 11.2. The molecule has 5 atom stereocenters. The predicted molar refractivity (Wildman–Crippen MR) is 125 cm³/mol. The fourth-order valence-electron chi connectivity index (χ4n) is 4.13. The van der Waals surface area contributed by atoms with E-state index in [1.807, 2.05) is 29.2 Å². The second-order valence-electron chi connectivity index (χ2n) is 7.71. The van der Waals surface area contributed by atoms with E-state index in [1.54, 1.807) is 33.5 Å². The number of fused-ring (bicyclic) bond motifs is 2. The van der Waals surface area contributed by atoms with Crippen LogP contribution in [0.2, 0.25) is 0 Å². The summed E-state index contributed by atoms with van der Waals surface area (Å²) in [5.74, 6) is 1.73. The zero-order chi connectivity index (χ0) is 22.5. The number of thioether (sulfide) groups is 1. The molecular weight excluding hydrogens is 456 g/mol. The third kappa shape index (κ3) is 3.88. The predicted octanol–water partition coefficient (Wildman–Crippen LogP) is 0.566. The molecule has 4 heterocycles. The molecule has 4 unspecified atom stereocenters. The van der Waals surface area contributed by atoms with Gasteiger partial charge in [-0.25, -0.2) is 0 Å². The molecule has 4 N–H and O–H groups in total. The first kappa shape index (κ1) is 22.0. The summed E-state index contributed by atoms with van der Waals surface area (Å²) >= 11 is 1.56. The van der Waals surface area contributed by atoms with Gasteiger partial charge >= 0.3 is 184 Å². The molecule has 2 fully saturated rings. The van der Waals surface area contributed by atoms with E-state index in [2.05, 4.69) is 15.3 Å². The fourth-order valence-corrected chi connectivity index (χ4v) is 6.53. The summed E-state index contributed by atoms with van der Waals surface area (Å²) in [6.45, 7) is 0.233. The molecule has 5 rings (SSSR count). The van der Waals surface area contributed by atoms with Gasteiger partial charge in [-0.05, 0) is 0 Å². The van der Waals surface area contributed by atoms with Gasteiger partial charge < -0.3 is 0 Å². The van der Waals surface area contributed by atoms with Crippen molar-refractivity contribution in [2.24, 2.45) is 0 Å². The standard InChI is InChI=1S/C18H25BN5O6PS/c1-26-9-3-5-10(6-4-9)32-18-23-12-15(20)21-8-22-16(12)24(18)17-14(27-2)13-11(29-17)7-28-31(19,25)30-13/h3-6,8,11,13-14,17-18,23,25,31H,7,19H2,1-2H3,(H2,20,21,22)/t11?,13-,14?,17?,18?/m1/s1. The van der Waals surface area contributed by atoms with Crippen molar-refractivity contribution in [3.8, 4) is 5.75 Å². The average molecular weight is 481 g/mol. The maximum absolute atomic E-state index is 10.4. The first-order chi connectivity index (χ1) is 15.4. The number of nitrogen functional groups attached to an aromatic ring is 1. The van der Waals surface area contributed by atoms with Gasteiger partial charge in [-0.1, -0.05) is 0 Å². The molecule has 11 nitrogen and oxygen atoms in total. The van der Waals surface area contributed by atoms with Crippen LogP contribution >= 0.6 is 19.6 Å². The van der Waals surface area contributed by atoms with Gasteiger partial charge in [-0.15, -0.1) is 0 Å². The Bertz CT molecular complexity index is 991. The molecule has 2 aromatic rings. The summed E-state index contributed by atoms with van der Waals surface area (Å²) < 4.78 is 28.8. The number of methoxy groups -OCH3 is 2. The monoisotopic (exact) mass is 481 g/mol. The fraction of sp³-hybridized carbons (Fsp3) is 0.444. The zero-order valence-electron chi connectivity index (χ0n) is 17.8. The van der Waals surface area contributed by atoms with Crippen molar-refractivity contribution < 1.29 is 28.2 Å². The summed E-state index contributed by atoms with van der Waals surface area (Å²) in [4.78, 5) is 21.9. The van der Waals surface area contributed by atoms with E-state index in [1.165, 1.54) is 6.33 Å². The molecule has 32 heavy (non-hydrogen) atoms. The number of nitrogens with one attached hydrogen (secondary N) is 1.